The van der Waals surface area contributed by atoms with Crippen molar-refractivity contribution in [1.82, 2.24) is 14.4 Å². The summed E-state index contributed by atoms with van der Waals surface area (Å²) in [5.41, 5.74) is 5.26. The number of carbonyl (C=O) groups excluding carboxylic acids is 2. The molecule has 1 fully saturated rings. The minimum atomic E-state index is -0.243. The number of hydrogen-bond donors (Lipinski definition) is 2. The monoisotopic (exact) mass is 463 g/mol. The molecule has 0 atom stereocenters. The topological polar surface area (TPSA) is 88.4 Å². The molecule has 5 rings (SSSR count). The van der Waals surface area contributed by atoms with Crippen LogP contribution in [0.25, 0.3) is 5.65 Å². The summed E-state index contributed by atoms with van der Waals surface area (Å²) >= 11 is 0. The molecule has 0 saturated heterocycles. The van der Waals surface area contributed by atoms with Crippen LogP contribution in [0.2, 0.25) is 0 Å². The van der Waals surface area contributed by atoms with Crippen molar-refractivity contribution in [3.63, 3.8) is 0 Å². The molecule has 0 spiro atoms. The Bertz CT molecular complexity index is 1500. The second kappa shape index (κ2) is 9.43. The van der Waals surface area contributed by atoms with Gasteiger partial charge in [0.05, 0.1) is 11.9 Å². The van der Waals surface area contributed by atoms with Gasteiger partial charge in [-0.2, -0.15) is 0 Å². The van der Waals surface area contributed by atoms with Crippen LogP contribution in [0, 0.1) is 31.6 Å². The van der Waals surface area contributed by atoms with Gasteiger partial charge in [-0.15, -0.1) is 0 Å². The number of carbonyl (C=O) groups is 2. The van der Waals surface area contributed by atoms with Gasteiger partial charge in [0.1, 0.15) is 11.5 Å². The number of anilines is 2. The minimum absolute atomic E-state index is 0.0477. The van der Waals surface area contributed by atoms with Crippen molar-refractivity contribution < 1.29 is 9.59 Å². The van der Waals surface area contributed by atoms with Crippen LogP contribution in [-0.2, 0) is 4.79 Å². The third-order valence-corrected chi connectivity index (χ3v) is 6.25. The number of pyridine rings is 2. The van der Waals surface area contributed by atoms with Gasteiger partial charge in [0, 0.05) is 29.4 Å². The summed E-state index contributed by atoms with van der Waals surface area (Å²) in [5, 5.41) is 5.84. The zero-order chi connectivity index (χ0) is 24.4. The van der Waals surface area contributed by atoms with Gasteiger partial charge >= 0.3 is 0 Å². The van der Waals surface area contributed by atoms with Crippen LogP contribution >= 0.6 is 0 Å². The first-order valence-corrected chi connectivity index (χ1v) is 11.6. The molecule has 1 aliphatic rings. The first kappa shape index (κ1) is 22.4. The van der Waals surface area contributed by atoms with Gasteiger partial charge in [-0.05, 0) is 80.1 Å². The highest BCUT2D eigenvalue weighted by atomic mass is 16.2. The van der Waals surface area contributed by atoms with Crippen molar-refractivity contribution in [3.05, 3.63) is 89.0 Å². The Kier molecular flexibility index (Phi) is 6.02. The average Bonchev–Trinajstić information content (AvgIpc) is 3.21. The van der Waals surface area contributed by atoms with E-state index in [4.69, 9.17) is 0 Å². The number of hydrogen-bond acceptors (Lipinski definition) is 4. The predicted octanol–water partition coefficient (Wildman–Crippen LogP) is 4.74. The Balaban J connectivity index is 1.39. The fourth-order valence-corrected chi connectivity index (χ4v) is 3.93. The zero-order valence-electron chi connectivity index (χ0n) is 19.6. The van der Waals surface area contributed by atoms with Crippen molar-refractivity contribution in [2.24, 2.45) is 5.92 Å². The number of aryl methyl sites for hydroxylation is 2. The summed E-state index contributed by atoms with van der Waals surface area (Å²) in [4.78, 5) is 33.8. The van der Waals surface area contributed by atoms with Gasteiger partial charge in [-0.3, -0.25) is 14.0 Å². The van der Waals surface area contributed by atoms with Gasteiger partial charge in [0.2, 0.25) is 5.91 Å². The molecule has 1 aromatic carbocycles. The van der Waals surface area contributed by atoms with Crippen LogP contribution in [0.15, 0.2) is 61.1 Å². The number of fused-ring (bicyclic) bond motifs is 1. The summed E-state index contributed by atoms with van der Waals surface area (Å²) in [7, 11) is 0. The van der Waals surface area contributed by atoms with Crippen LogP contribution in [0.3, 0.4) is 0 Å². The Morgan fingerprint density at radius 3 is 2.66 bits per heavy atom. The second-order valence-electron chi connectivity index (χ2n) is 8.83. The van der Waals surface area contributed by atoms with E-state index in [-0.39, 0.29) is 17.7 Å². The third kappa shape index (κ3) is 4.78. The molecule has 2 N–H and O–H groups in total. The summed E-state index contributed by atoms with van der Waals surface area (Å²) in [6.07, 6.45) is 8.22. The van der Waals surface area contributed by atoms with Crippen LogP contribution < -0.4 is 10.6 Å². The average molecular weight is 464 g/mol. The molecule has 4 aromatic rings. The normalized spacial score (nSPS) is 13.0. The van der Waals surface area contributed by atoms with Gasteiger partial charge in [-0.25, -0.2) is 9.97 Å². The Morgan fingerprint density at radius 2 is 1.89 bits per heavy atom. The molecule has 3 aromatic heterocycles. The Labute approximate surface area is 203 Å². The molecular weight excluding hydrogens is 438 g/mol. The highest BCUT2D eigenvalue weighted by Gasteiger charge is 2.25. The zero-order valence-corrected chi connectivity index (χ0v) is 19.6. The SMILES string of the molecule is Cc1ccnc(NC(=O)c2ccc(C)c(C#Cc3cnc4c(NC(=O)C5CCC5)cccn34)c2)c1. The lowest BCUT2D eigenvalue weighted by Crippen LogP contribution is -2.28. The lowest BCUT2D eigenvalue weighted by molar-refractivity contribution is -0.122. The number of benzene rings is 1. The summed E-state index contributed by atoms with van der Waals surface area (Å²) < 4.78 is 1.86. The summed E-state index contributed by atoms with van der Waals surface area (Å²) in [6.45, 7) is 3.90. The van der Waals surface area contributed by atoms with Crippen LogP contribution in [0.5, 0.6) is 0 Å². The van der Waals surface area contributed by atoms with E-state index < -0.39 is 0 Å². The van der Waals surface area contributed by atoms with E-state index in [1.165, 1.54) is 0 Å². The van der Waals surface area contributed by atoms with Crippen molar-refractivity contribution >= 4 is 29.0 Å². The van der Waals surface area contributed by atoms with Gasteiger partial charge in [-0.1, -0.05) is 18.4 Å². The molecular formula is C28H25N5O2. The molecule has 7 nitrogen and oxygen atoms in total. The smallest absolute Gasteiger partial charge is 0.256 e. The number of imidazole rings is 1. The van der Waals surface area contributed by atoms with Crippen LogP contribution in [0.4, 0.5) is 11.5 Å². The van der Waals surface area contributed by atoms with E-state index in [0.717, 1.165) is 36.0 Å². The van der Waals surface area contributed by atoms with Crippen molar-refractivity contribution in [2.45, 2.75) is 33.1 Å². The van der Waals surface area contributed by atoms with Gasteiger partial charge < -0.3 is 10.6 Å². The highest BCUT2D eigenvalue weighted by molar-refractivity contribution is 6.04. The number of amides is 2. The summed E-state index contributed by atoms with van der Waals surface area (Å²) in [5.74, 6) is 6.76. The first-order chi connectivity index (χ1) is 17.0. The highest BCUT2D eigenvalue weighted by Crippen LogP contribution is 2.28. The lowest BCUT2D eigenvalue weighted by Gasteiger charge is -2.24. The molecule has 1 saturated carbocycles. The first-order valence-electron chi connectivity index (χ1n) is 11.6. The number of rotatable bonds is 4. The fourth-order valence-electron chi connectivity index (χ4n) is 3.93. The molecule has 35 heavy (non-hydrogen) atoms. The molecule has 3 heterocycles. The molecule has 7 heteroatoms. The fraction of sp³-hybridized carbons (Fsp3) is 0.214. The molecule has 1 aliphatic carbocycles. The van der Waals surface area contributed by atoms with E-state index >= 15 is 0 Å². The predicted molar refractivity (Wildman–Crippen MR) is 135 cm³/mol. The maximum Gasteiger partial charge on any atom is 0.256 e. The standard InChI is InChI=1S/C28H25N5O2/c1-18-12-13-29-25(15-18)32-28(35)22-9-8-19(2)21(16-22)10-11-23-17-30-26-24(7-4-14-33(23)26)31-27(34)20-5-3-6-20/h4,7-9,12-17,20H,3,5-6H2,1-2H3,(H,31,34)(H,29,32,35). The van der Waals surface area contributed by atoms with Gasteiger partial charge in [0.25, 0.3) is 5.91 Å². The summed E-state index contributed by atoms with van der Waals surface area (Å²) in [6, 6.07) is 12.8. The van der Waals surface area contributed by atoms with E-state index in [9.17, 15) is 9.59 Å². The minimum Gasteiger partial charge on any atom is -0.323 e. The quantitative estimate of drug-likeness (QED) is 0.428. The molecule has 0 unspecified atom stereocenters. The van der Waals surface area contributed by atoms with E-state index in [0.29, 0.717) is 28.4 Å². The number of nitrogens with one attached hydrogen (secondary N) is 2. The van der Waals surface area contributed by atoms with Crippen molar-refractivity contribution in [3.8, 4) is 11.8 Å². The van der Waals surface area contributed by atoms with Crippen LogP contribution in [-0.4, -0.2) is 26.2 Å². The van der Waals surface area contributed by atoms with E-state index in [1.807, 2.05) is 54.8 Å². The lowest BCUT2D eigenvalue weighted by atomic mass is 9.85. The third-order valence-electron chi connectivity index (χ3n) is 6.25. The Morgan fingerprint density at radius 1 is 1.03 bits per heavy atom. The van der Waals surface area contributed by atoms with E-state index in [2.05, 4.69) is 32.4 Å². The molecule has 0 aliphatic heterocycles. The molecule has 2 amide bonds. The largest absolute Gasteiger partial charge is 0.323 e. The maximum absolute atomic E-state index is 12.7. The number of aromatic nitrogens is 3. The van der Waals surface area contributed by atoms with E-state index in [1.54, 1.807) is 24.5 Å². The Hall–Kier alpha value is -4.44. The maximum atomic E-state index is 12.7. The van der Waals surface area contributed by atoms with Crippen molar-refractivity contribution in [1.29, 1.82) is 0 Å². The molecule has 0 bridgehead atoms. The molecule has 0 radical (unpaired) electrons. The second-order valence-corrected chi connectivity index (χ2v) is 8.83. The number of nitrogens with zero attached hydrogens (tertiary/aromatic N) is 3. The van der Waals surface area contributed by atoms with Crippen molar-refractivity contribution in [2.75, 3.05) is 10.6 Å². The van der Waals surface area contributed by atoms with Crippen LogP contribution in [0.1, 0.15) is 52.0 Å². The van der Waals surface area contributed by atoms with Gasteiger partial charge in [0.15, 0.2) is 5.65 Å². The molecule has 174 valence electrons.